The van der Waals surface area contributed by atoms with Gasteiger partial charge in [-0.25, -0.2) is 0 Å². The highest BCUT2D eigenvalue weighted by atomic mass is 14.7. The Morgan fingerprint density at radius 2 is 1.83 bits per heavy atom. The first-order chi connectivity index (χ1) is 5.77. The number of allylic oxidation sites excluding steroid dienone is 5. The molecule has 0 aliphatic carbocycles. The van der Waals surface area contributed by atoms with Gasteiger partial charge in [0.2, 0.25) is 0 Å². The standard InChI is InChI=1S/C11H17N/c1-4-5-6-7-8-9-12-10-11(2)3/h4-9,11H,1,10H2,2-3H3/b6-5-,8-7-,12-9?. The molecule has 0 radical (unpaired) electrons. The average molecular weight is 163 g/mol. The van der Waals surface area contributed by atoms with E-state index in [1.165, 1.54) is 0 Å². The minimum absolute atomic E-state index is 0.637. The van der Waals surface area contributed by atoms with Gasteiger partial charge in [-0.1, -0.05) is 44.7 Å². The predicted molar refractivity (Wildman–Crippen MR) is 56.7 cm³/mol. The van der Waals surface area contributed by atoms with E-state index in [9.17, 15) is 0 Å². The van der Waals surface area contributed by atoms with Crippen LogP contribution in [0.4, 0.5) is 0 Å². The largest absolute Gasteiger partial charge is 0.293 e. The van der Waals surface area contributed by atoms with E-state index in [2.05, 4.69) is 25.4 Å². The quantitative estimate of drug-likeness (QED) is 0.436. The number of nitrogens with zero attached hydrogens (tertiary/aromatic N) is 1. The lowest BCUT2D eigenvalue weighted by Crippen LogP contribution is -1.90. The van der Waals surface area contributed by atoms with Crippen molar-refractivity contribution in [1.82, 2.24) is 0 Å². The number of aliphatic imine (C=N–C) groups is 1. The summed E-state index contributed by atoms with van der Waals surface area (Å²) in [7, 11) is 0. The summed E-state index contributed by atoms with van der Waals surface area (Å²) < 4.78 is 0. The summed E-state index contributed by atoms with van der Waals surface area (Å²) in [6, 6.07) is 0. The molecule has 0 spiro atoms. The summed E-state index contributed by atoms with van der Waals surface area (Å²) in [5, 5.41) is 0. The second kappa shape index (κ2) is 7.99. The van der Waals surface area contributed by atoms with Gasteiger partial charge in [0.05, 0.1) is 0 Å². The van der Waals surface area contributed by atoms with Crippen molar-refractivity contribution >= 4 is 6.21 Å². The van der Waals surface area contributed by atoms with Crippen LogP contribution in [-0.2, 0) is 0 Å². The van der Waals surface area contributed by atoms with Crippen molar-refractivity contribution in [1.29, 1.82) is 0 Å². The first-order valence-electron chi connectivity index (χ1n) is 4.21. The van der Waals surface area contributed by atoms with Crippen molar-refractivity contribution in [2.24, 2.45) is 10.9 Å². The Kier molecular flexibility index (Phi) is 7.25. The minimum atomic E-state index is 0.637. The molecule has 0 saturated carbocycles. The van der Waals surface area contributed by atoms with E-state index in [0.717, 1.165) is 6.54 Å². The predicted octanol–water partition coefficient (Wildman–Crippen LogP) is 3.01. The van der Waals surface area contributed by atoms with Gasteiger partial charge in [0.1, 0.15) is 0 Å². The maximum Gasteiger partial charge on any atom is 0.0412 e. The smallest absolute Gasteiger partial charge is 0.0412 e. The fourth-order valence-electron chi connectivity index (χ4n) is 0.589. The fourth-order valence-corrected chi connectivity index (χ4v) is 0.589. The monoisotopic (exact) mass is 163 g/mol. The lowest BCUT2D eigenvalue weighted by Gasteiger charge is -1.94. The molecule has 0 unspecified atom stereocenters. The molecule has 0 saturated heterocycles. The molecule has 0 atom stereocenters. The van der Waals surface area contributed by atoms with Crippen LogP contribution >= 0.6 is 0 Å². The topological polar surface area (TPSA) is 12.4 Å². The summed E-state index contributed by atoms with van der Waals surface area (Å²) in [5.41, 5.74) is 0. The molecule has 1 heteroatoms. The Morgan fingerprint density at radius 3 is 2.42 bits per heavy atom. The highest BCUT2D eigenvalue weighted by Gasteiger charge is 1.85. The van der Waals surface area contributed by atoms with Crippen LogP contribution in [0.1, 0.15) is 13.8 Å². The Labute approximate surface area is 75.2 Å². The third-order valence-electron chi connectivity index (χ3n) is 1.13. The van der Waals surface area contributed by atoms with E-state index in [4.69, 9.17) is 0 Å². The van der Waals surface area contributed by atoms with Gasteiger partial charge in [-0.2, -0.15) is 0 Å². The molecule has 0 aromatic carbocycles. The SMILES string of the molecule is C=C/C=C\C=C/C=NCC(C)C. The maximum atomic E-state index is 4.20. The zero-order chi connectivity index (χ0) is 9.23. The molecule has 0 N–H and O–H groups in total. The van der Waals surface area contributed by atoms with Gasteiger partial charge in [-0.05, 0) is 12.0 Å². The summed E-state index contributed by atoms with van der Waals surface area (Å²) in [6.07, 6.45) is 11.2. The van der Waals surface area contributed by atoms with E-state index < -0.39 is 0 Å². The van der Waals surface area contributed by atoms with Crippen molar-refractivity contribution in [3.63, 3.8) is 0 Å². The van der Waals surface area contributed by atoms with Gasteiger partial charge >= 0.3 is 0 Å². The van der Waals surface area contributed by atoms with E-state index in [1.807, 2.05) is 30.5 Å². The number of hydrogen-bond donors (Lipinski definition) is 0. The van der Waals surface area contributed by atoms with Crippen molar-refractivity contribution in [3.05, 3.63) is 37.0 Å². The molecular weight excluding hydrogens is 146 g/mol. The molecule has 0 amide bonds. The lowest BCUT2D eigenvalue weighted by molar-refractivity contribution is 0.667. The Balaban J connectivity index is 3.52. The molecule has 0 bridgehead atoms. The fraction of sp³-hybridized carbons (Fsp3) is 0.364. The Bertz CT molecular complexity index is 185. The lowest BCUT2D eigenvalue weighted by atomic mass is 10.2. The van der Waals surface area contributed by atoms with Crippen molar-refractivity contribution in [2.75, 3.05) is 6.54 Å². The first kappa shape index (κ1) is 10.9. The maximum absolute atomic E-state index is 4.20. The van der Waals surface area contributed by atoms with Crippen molar-refractivity contribution in [2.45, 2.75) is 13.8 Å². The molecule has 0 aliphatic rings. The average Bonchev–Trinajstić information content (AvgIpc) is 2.02. The second-order valence-electron chi connectivity index (χ2n) is 2.91. The number of rotatable bonds is 5. The van der Waals surface area contributed by atoms with E-state index in [1.54, 1.807) is 6.08 Å². The molecule has 0 rings (SSSR count). The van der Waals surface area contributed by atoms with Crippen LogP contribution in [0, 0.1) is 5.92 Å². The Morgan fingerprint density at radius 1 is 1.17 bits per heavy atom. The zero-order valence-corrected chi connectivity index (χ0v) is 7.90. The molecule has 0 aromatic rings. The van der Waals surface area contributed by atoms with Gasteiger partial charge in [0.25, 0.3) is 0 Å². The van der Waals surface area contributed by atoms with Crippen LogP contribution < -0.4 is 0 Å². The number of hydrogen-bond acceptors (Lipinski definition) is 1. The van der Waals surface area contributed by atoms with E-state index in [-0.39, 0.29) is 0 Å². The molecule has 0 heterocycles. The first-order valence-corrected chi connectivity index (χ1v) is 4.21. The molecule has 66 valence electrons. The van der Waals surface area contributed by atoms with Crippen LogP contribution in [0.3, 0.4) is 0 Å². The highest BCUT2D eigenvalue weighted by Crippen LogP contribution is 1.89. The van der Waals surface area contributed by atoms with Crippen molar-refractivity contribution in [3.8, 4) is 0 Å². The van der Waals surface area contributed by atoms with E-state index in [0.29, 0.717) is 5.92 Å². The molecule has 0 fully saturated rings. The molecular formula is C11H17N. The summed E-state index contributed by atoms with van der Waals surface area (Å²) >= 11 is 0. The van der Waals surface area contributed by atoms with Gasteiger partial charge < -0.3 is 0 Å². The van der Waals surface area contributed by atoms with Crippen molar-refractivity contribution < 1.29 is 0 Å². The minimum Gasteiger partial charge on any atom is -0.293 e. The van der Waals surface area contributed by atoms with Gasteiger partial charge in [0.15, 0.2) is 0 Å². The molecule has 0 aliphatic heterocycles. The van der Waals surface area contributed by atoms with Gasteiger partial charge in [-0.3, -0.25) is 4.99 Å². The summed E-state index contributed by atoms with van der Waals surface area (Å²) in [4.78, 5) is 4.20. The normalized spacial score (nSPS) is 12.6. The molecule has 12 heavy (non-hydrogen) atoms. The molecule has 1 nitrogen and oxygen atoms in total. The van der Waals surface area contributed by atoms with Gasteiger partial charge in [0, 0.05) is 12.8 Å². The Hall–Kier alpha value is -1.11. The van der Waals surface area contributed by atoms with Crippen LogP contribution in [0.25, 0.3) is 0 Å². The van der Waals surface area contributed by atoms with Crippen LogP contribution in [0.15, 0.2) is 42.0 Å². The summed E-state index contributed by atoms with van der Waals surface area (Å²) in [5.74, 6) is 0.637. The van der Waals surface area contributed by atoms with Crippen LogP contribution in [0.5, 0.6) is 0 Å². The second-order valence-corrected chi connectivity index (χ2v) is 2.91. The third-order valence-corrected chi connectivity index (χ3v) is 1.13. The zero-order valence-electron chi connectivity index (χ0n) is 7.90. The van der Waals surface area contributed by atoms with Gasteiger partial charge in [-0.15, -0.1) is 0 Å². The molecule has 0 aromatic heterocycles. The summed E-state index contributed by atoms with van der Waals surface area (Å²) in [6.45, 7) is 8.76. The van der Waals surface area contributed by atoms with E-state index >= 15 is 0 Å². The highest BCUT2D eigenvalue weighted by molar-refractivity contribution is 5.71. The van der Waals surface area contributed by atoms with Crippen LogP contribution in [0.2, 0.25) is 0 Å². The third kappa shape index (κ3) is 8.89. The van der Waals surface area contributed by atoms with Crippen LogP contribution in [-0.4, -0.2) is 12.8 Å².